The molecule has 2 saturated heterocycles. The van der Waals surface area contributed by atoms with Gasteiger partial charge in [0.15, 0.2) is 6.23 Å². The molecule has 3 aliphatic rings. The van der Waals surface area contributed by atoms with E-state index in [-0.39, 0.29) is 24.3 Å². The first kappa shape index (κ1) is 24.6. The molecule has 3 fully saturated rings. The SMILES string of the molecule is C[C@H]1CC[C@H](c2ccnc(OC3CC3)c2)N(C(=O)C(=O)Nc2cnc(N)c3cnn(C4CCCCO4)c23)C1. The lowest BCUT2D eigenvalue weighted by molar-refractivity contribution is -0.146. The van der Waals surface area contributed by atoms with Gasteiger partial charge in [0.05, 0.1) is 29.5 Å². The van der Waals surface area contributed by atoms with Gasteiger partial charge in [0.1, 0.15) is 17.4 Å². The van der Waals surface area contributed by atoms with Crippen LogP contribution in [0.15, 0.2) is 30.7 Å². The zero-order valence-electron chi connectivity index (χ0n) is 21.5. The minimum absolute atomic E-state index is 0.227. The van der Waals surface area contributed by atoms with Crippen molar-refractivity contribution in [2.75, 3.05) is 24.2 Å². The number of aromatic nitrogens is 4. The molecule has 38 heavy (non-hydrogen) atoms. The Kier molecular flexibility index (Phi) is 6.61. The van der Waals surface area contributed by atoms with Crippen LogP contribution in [0, 0.1) is 5.92 Å². The Labute approximate surface area is 220 Å². The van der Waals surface area contributed by atoms with Crippen molar-refractivity contribution >= 4 is 34.2 Å². The maximum Gasteiger partial charge on any atom is 0.314 e. The van der Waals surface area contributed by atoms with Crippen LogP contribution in [0.25, 0.3) is 10.9 Å². The Morgan fingerprint density at radius 1 is 1.13 bits per heavy atom. The van der Waals surface area contributed by atoms with Crippen LogP contribution in [-0.2, 0) is 14.3 Å². The van der Waals surface area contributed by atoms with Gasteiger partial charge in [-0.25, -0.2) is 14.6 Å². The van der Waals surface area contributed by atoms with Gasteiger partial charge in [-0.1, -0.05) is 6.92 Å². The fraction of sp³-hybridized carbons (Fsp3) is 0.519. The third kappa shape index (κ3) is 4.90. The number of piperidine rings is 1. The second-order valence-electron chi connectivity index (χ2n) is 10.6. The van der Waals surface area contributed by atoms with Crippen molar-refractivity contribution in [2.45, 2.75) is 70.2 Å². The summed E-state index contributed by atoms with van der Waals surface area (Å²) in [5, 5.41) is 7.90. The molecule has 1 saturated carbocycles. The Balaban J connectivity index is 1.26. The summed E-state index contributed by atoms with van der Waals surface area (Å²) in [4.78, 5) is 37.2. The number of nitrogens with one attached hydrogen (secondary N) is 1. The highest BCUT2D eigenvalue weighted by Crippen LogP contribution is 2.36. The summed E-state index contributed by atoms with van der Waals surface area (Å²) < 4.78 is 13.5. The third-order valence-corrected chi connectivity index (χ3v) is 7.56. The number of fused-ring (bicyclic) bond motifs is 1. The van der Waals surface area contributed by atoms with E-state index in [2.05, 4.69) is 27.3 Å². The Morgan fingerprint density at radius 3 is 2.79 bits per heavy atom. The van der Waals surface area contributed by atoms with E-state index < -0.39 is 11.8 Å². The van der Waals surface area contributed by atoms with Gasteiger partial charge in [-0.3, -0.25) is 9.59 Å². The normalized spacial score (nSPS) is 23.8. The highest BCUT2D eigenvalue weighted by Gasteiger charge is 2.35. The second-order valence-corrected chi connectivity index (χ2v) is 10.6. The maximum absolute atomic E-state index is 13.6. The predicted octanol–water partition coefficient (Wildman–Crippen LogP) is 3.59. The number of hydrogen-bond donors (Lipinski definition) is 2. The number of nitrogen functional groups attached to an aromatic ring is 1. The summed E-state index contributed by atoms with van der Waals surface area (Å²) >= 11 is 0. The molecule has 2 amide bonds. The van der Waals surface area contributed by atoms with E-state index in [1.165, 1.54) is 6.20 Å². The number of nitrogens with two attached hydrogens (primary N) is 1. The lowest BCUT2D eigenvalue weighted by Crippen LogP contribution is -2.46. The summed E-state index contributed by atoms with van der Waals surface area (Å²) in [7, 11) is 0. The molecule has 3 aromatic rings. The molecule has 0 aromatic carbocycles. The fourth-order valence-electron chi connectivity index (χ4n) is 5.39. The van der Waals surface area contributed by atoms with E-state index in [4.69, 9.17) is 15.2 Å². The van der Waals surface area contributed by atoms with Crippen LogP contribution in [0.1, 0.15) is 69.7 Å². The number of rotatable bonds is 5. The molecule has 1 unspecified atom stereocenters. The third-order valence-electron chi connectivity index (χ3n) is 7.56. The van der Waals surface area contributed by atoms with Gasteiger partial charge in [-0.2, -0.15) is 5.10 Å². The lowest BCUT2D eigenvalue weighted by atomic mass is 9.90. The van der Waals surface area contributed by atoms with E-state index in [0.29, 0.717) is 41.4 Å². The highest BCUT2D eigenvalue weighted by atomic mass is 16.5. The summed E-state index contributed by atoms with van der Waals surface area (Å²) in [5.41, 5.74) is 8.02. The van der Waals surface area contributed by atoms with Gasteiger partial charge < -0.3 is 25.4 Å². The van der Waals surface area contributed by atoms with Gasteiger partial charge in [0, 0.05) is 25.4 Å². The molecule has 0 radical (unpaired) electrons. The number of anilines is 2. The standard InChI is InChI=1S/C27H33N7O4/c1-16-5-8-21(17-9-10-29-22(12-17)38-18-6-7-18)33(15-16)27(36)26(35)32-20-14-30-25(28)19-13-31-34(24(19)20)23-4-2-3-11-37-23/h9-10,12-14,16,18,21,23H,2-8,11,15H2,1H3,(H2,28,30)(H,32,35)/t16-,21+,23?/m0/s1. The summed E-state index contributed by atoms with van der Waals surface area (Å²) in [6.45, 7) is 3.23. The van der Waals surface area contributed by atoms with Gasteiger partial charge >= 0.3 is 11.8 Å². The van der Waals surface area contributed by atoms with Crippen molar-refractivity contribution in [3.8, 4) is 5.88 Å². The monoisotopic (exact) mass is 519 g/mol. The minimum Gasteiger partial charge on any atom is -0.474 e. The Morgan fingerprint density at radius 2 is 2.00 bits per heavy atom. The number of amides is 2. The van der Waals surface area contributed by atoms with Crippen LogP contribution < -0.4 is 15.8 Å². The van der Waals surface area contributed by atoms with Crippen molar-refractivity contribution in [2.24, 2.45) is 5.92 Å². The van der Waals surface area contributed by atoms with Gasteiger partial charge in [-0.05, 0) is 62.5 Å². The molecular weight excluding hydrogens is 486 g/mol. The summed E-state index contributed by atoms with van der Waals surface area (Å²) in [5.74, 6) is -0.167. The molecule has 3 aromatic heterocycles. The Hall–Kier alpha value is -3.73. The van der Waals surface area contributed by atoms with Crippen molar-refractivity contribution < 1.29 is 19.1 Å². The van der Waals surface area contributed by atoms with Crippen LogP contribution in [-0.4, -0.2) is 55.7 Å². The van der Waals surface area contributed by atoms with Crippen LogP contribution in [0.5, 0.6) is 5.88 Å². The van der Waals surface area contributed by atoms with Gasteiger partial charge in [0.2, 0.25) is 5.88 Å². The maximum atomic E-state index is 13.6. The molecule has 0 bridgehead atoms. The number of pyridine rings is 2. The summed E-state index contributed by atoms with van der Waals surface area (Å²) in [6, 6.07) is 3.56. The van der Waals surface area contributed by atoms with Crippen molar-refractivity contribution in [1.82, 2.24) is 24.6 Å². The topological polar surface area (TPSA) is 137 Å². The van der Waals surface area contributed by atoms with E-state index >= 15 is 0 Å². The number of ether oxygens (including phenoxy) is 2. The van der Waals surface area contributed by atoms with Gasteiger partial charge in [-0.15, -0.1) is 0 Å². The number of likely N-dealkylation sites (tertiary alicyclic amines) is 1. The predicted molar refractivity (Wildman–Crippen MR) is 140 cm³/mol. The van der Waals surface area contributed by atoms with Crippen LogP contribution in [0.4, 0.5) is 11.5 Å². The van der Waals surface area contributed by atoms with Crippen molar-refractivity contribution in [3.05, 3.63) is 36.3 Å². The average Bonchev–Trinajstić information content (AvgIpc) is 3.63. The van der Waals surface area contributed by atoms with Crippen LogP contribution in [0.3, 0.4) is 0 Å². The first-order chi connectivity index (χ1) is 18.5. The first-order valence-electron chi connectivity index (χ1n) is 13.5. The second kappa shape index (κ2) is 10.2. The quantitative estimate of drug-likeness (QED) is 0.488. The zero-order valence-corrected chi connectivity index (χ0v) is 21.5. The molecule has 200 valence electrons. The minimum atomic E-state index is -0.724. The first-order valence-corrected chi connectivity index (χ1v) is 13.5. The molecular formula is C27H33N7O4. The van der Waals surface area contributed by atoms with E-state index in [9.17, 15) is 9.59 Å². The number of carbonyl (C=O) groups excluding carboxylic acids is 2. The molecule has 2 aliphatic heterocycles. The van der Waals surface area contributed by atoms with Crippen molar-refractivity contribution in [1.29, 1.82) is 0 Å². The summed E-state index contributed by atoms with van der Waals surface area (Å²) in [6.07, 6.45) is 11.4. The van der Waals surface area contributed by atoms with Crippen LogP contribution in [0.2, 0.25) is 0 Å². The lowest BCUT2D eigenvalue weighted by Gasteiger charge is -2.38. The van der Waals surface area contributed by atoms with Gasteiger partial charge in [0.25, 0.3) is 0 Å². The Bertz CT molecular complexity index is 1350. The number of nitrogens with zero attached hydrogens (tertiary/aromatic N) is 5. The number of carbonyl (C=O) groups is 2. The molecule has 0 spiro atoms. The van der Waals surface area contributed by atoms with E-state index in [1.54, 1.807) is 22.0 Å². The number of hydrogen-bond acceptors (Lipinski definition) is 8. The van der Waals surface area contributed by atoms with E-state index in [0.717, 1.165) is 50.5 Å². The van der Waals surface area contributed by atoms with E-state index in [1.807, 2.05) is 12.1 Å². The van der Waals surface area contributed by atoms with Crippen molar-refractivity contribution in [3.63, 3.8) is 0 Å². The molecule has 6 rings (SSSR count). The smallest absolute Gasteiger partial charge is 0.314 e. The fourth-order valence-corrected chi connectivity index (χ4v) is 5.39. The molecule has 1 aliphatic carbocycles. The largest absolute Gasteiger partial charge is 0.474 e. The molecule has 11 heteroatoms. The molecule has 3 atom stereocenters. The molecule has 11 nitrogen and oxygen atoms in total. The zero-order chi connectivity index (χ0) is 26.2. The highest BCUT2D eigenvalue weighted by molar-refractivity contribution is 6.40. The molecule has 5 heterocycles. The molecule has 3 N–H and O–H groups in total. The van der Waals surface area contributed by atoms with Crippen LogP contribution >= 0.6 is 0 Å². The average molecular weight is 520 g/mol.